The van der Waals surface area contributed by atoms with E-state index in [1.807, 2.05) is 50.2 Å². The number of amides is 2. The minimum atomic E-state index is -3.61. The topological polar surface area (TPSA) is 83.6 Å². The molecule has 146 valence electrons. The average molecular weight is 398 g/mol. The van der Waals surface area contributed by atoms with Crippen LogP contribution in [0.5, 0.6) is 0 Å². The number of benzene rings is 2. The van der Waals surface area contributed by atoms with Crippen molar-refractivity contribution in [3.63, 3.8) is 0 Å². The van der Waals surface area contributed by atoms with E-state index in [4.69, 9.17) is 0 Å². The highest BCUT2D eigenvalue weighted by Gasteiger charge is 2.34. The molecule has 1 fully saturated rings. The molecule has 28 heavy (non-hydrogen) atoms. The quantitative estimate of drug-likeness (QED) is 0.806. The summed E-state index contributed by atoms with van der Waals surface area (Å²) < 4.78 is 28.0. The van der Waals surface area contributed by atoms with Gasteiger partial charge in [0.05, 0.1) is 10.8 Å². The number of fused-ring (bicyclic) bond motifs is 1. The fourth-order valence-electron chi connectivity index (χ4n) is 4.12. The summed E-state index contributed by atoms with van der Waals surface area (Å²) in [5, 5.41) is 2.38. The first-order valence-electron chi connectivity index (χ1n) is 9.29. The monoisotopic (exact) mass is 398 g/mol. The smallest absolute Gasteiger partial charge is 0.244 e. The molecule has 4 rings (SSSR count). The Morgan fingerprint density at radius 3 is 2.36 bits per heavy atom. The van der Waals surface area contributed by atoms with Crippen molar-refractivity contribution >= 4 is 21.8 Å². The van der Waals surface area contributed by atoms with Gasteiger partial charge in [-0.2, -0.15) is 4.31 Å². The number of imide groups is 1. The van der Waals surface area contributed by atoms with Gasteiger partial charge in [-0.05, 0) is 48.1 Å². The number of nitrogens with one attached hydrogen (secondary N) is 1. The van der Waals surface area contributed by atoms with Gasteiger partial charge >= 0.3 is 0 Å². The summed E-state index contributed by atoms with van der Waals surface area (Å²) in [6.07, 6.45) is 0.800. The molecule has 2 aromatic rings. The van der Waals surface area contributed by atoms with Gasteiger partial charge in [-0.25, -0.2) is 8.42 Å². The van der Waals surface area contributed by atoms with Crippen LogP contribution < -0.4 is 5.32 Å². The van der Waals surface area contributed by atoms with Crippen LogP contribution in [0.2, 0.25) is 0 Å². The second-order valence-electron chi connectivity index (χ2n) is 7.53. The molecule has 6 nitrogen and oxygen atoms in total. The summed E-state index contributed by atoms with van der Waals surface area (Å²) >= 11 is 0. The number of carbonyl (C=O) groups excluding carboxylic acids is 2. The SMILES string of the molecule is Cc1cccc(C)c1S(=O)(=O)N1Cc2ccc(C3CCC(=O)NC3=O)cc2C1. The minimum absolute atomic E-state index is 0.242. The summed E-state index contributed by atoms with van der Waals surface area (Å²) in [5.74, 6) is -0.894. The zero-order chi connectivity index (χ0) is 20.1. The fraction of sp³-hybridized carbons (Fsp3) is 0.333. The van der Waals surface area contributed by atoms with E-state index in [2.05, 4.69) is 5.32 Å². The number of rotatable bonds is 3. The Labute approximate surface area is 164 Å². The molecule has 2 aromatic carbocycles. The molecule has 0 radical (unpaired) electrons. The zero-order valence-corrected chi connectivity index (χ0v) is 16.7. The second-order valence-corrected chi connectivity index (χ2v) is 9.40. The van der Waals surface area contributed by atoms with E-state index in [9.17, 15) is 18.0 Å². The molecule has 1 saturated heterocycles. The number of sulfonamides is 1. The number of nitrogens with zero attached hydrogens (tertiary/aromatic N) is 1. The van der Waals surface area contributed by atoms with E-state index in [1.165, 1.54) is 4.31 Å². The van der Waals surface area contributed by atoms with E-state index >= 15 is 0 Å². The molecule has 1 atom stereocenters. The van der Waals surface area contributed by atoms with Crippen LogP contribution in [0.1, 0.15) is 46.6 Å². The molecule has 1 unspecified atom stereocenters. The van der Waals surface area contributed by atoms with E-state index in [-0.39, 0.29) is 24.3 Å². The van der Waals surface area contributed by atoms with Crippen LogP contribution in [0, 0.1) is 13.8 Å². The lowest BCUT2D eigenvalue weighted by molar-refractivity contribution is -0.134. The van der Waals surface area contributed by atoms with Crippen molar-refractivity contribution in [1.82, 2.24) is 9.62 Å². The van der Waals surface area contributed by atoms with Gasteiger partial charge in [0.15, 0.2) is 0 Å². The molecule has 0 bridgehead atoms. The van der Waals surface area contributed by atoms with Crippen LogP contribution >= 0.6 is 0 Å². The number of carbonyl (C=O) groups is 2. The molecular weight excluding hydrogens is 376 g/mol. The predicted molar refractivity (Wildman–Crippen MR) is 104 cm³/mol. The van der Waals surface area contributed by atoms with E-state index < -0.39 is 10.0 Å². The Bertz CT molecular complexity index is 1070. The second kappa shape index (κ2) is 6.83. The summed E-state index contributed by atoms with van der Waals surface area (Å²) in [7, 11) is -3.61. The van der Waals surface area contributed by atoms with Crippen molar-refractivity contribution in [2.45, 2.75) is 50.6 Å². The minimum Gasteiger partial charge on any atom is -0.296 e. The van der Waals surface area contributed by atoms with Crippen LogP contribution in [0.25, 0.3) is 0 Å². The van der Waals surface area contributed by atoms with Gasteiger partial charge in [-0.15, -0.1) is 0 Å². The molecular formula is C21H22N2O4S. The number of hydrogen-bond acceptors (Lipinski definition) is 4. The van der Waals surface area contributed by atoms with Gasteiger partial charge in [0.1, 0.15) is 0 Å². The summed E-state index contributed by atoms with van der Waals surface area (Å²) in [5.41, 5.74) is 4.17. The maximum Gasteiger partial charge on any atom is 0.244 e. The van der Waals surface area contributed by atoms with Crippen molar-refractivity contribution in [2.24, 2.45) is 0 Å². The third kappa shape index (κ3) is 3.14. The van der Waals surface area contributed by atoms with Gasteiger partial charge in [0.25, 0.3) is 0 Å². The summed E-state index contributed by atoms with van der Waals surface area (Å²) in [6, 6.07) is 11.2. The van der Waals surface area contributed by atoms with Crippen LogP contribution in [-0.2, 0) is 32.7 Å². The van der Waals surface area contributed by atoms with Crippen LogP contribution in [-0.4, -0.2) is 24.5 Å². The molecule has 7 heteroatoms. The van der Waals surface area contributed by atoms with Crippen molar-refractivity contribution in [3.8, 4) is 0 Å². The molecule has 0 aliphatic carbocycles. The lowest BCUT2D eigenvalue weighted by Crippen LogP contribution is -2.39. The normalized spacial score (nSPS) is 20.1. The van der Waals surface area contributed by atoms with Gasteiger partial charge in [0.2, 0.25) is 21.8 Å². The van der Waals surface area contributed by atoms with E-state index in [1.54, 1.807) is 0 Å². The highest BCUT2D eigenvalue weighted by Crippen LogP contribution is 2.34. The third-order valence-electron chi connectivity index (χ3n) is 5.57. The van der Waals surface area contributed by atoms with Crippen molar-refractivity contribution in [3.05, 3.63) is 64.2 Å². The van der Waals surface area contributed by atoms with E-state index in [0.29, 0.717) is 24.3 Å². The first-order valence-corrected chi connectivity index (χ1v) is 10.7. The third-order valence-corrected chi connectivity index (χ3v) is 7.67. The molecule has 0 spiro atoms. The molecule has 2 heterocycles. The highest BCUT2D eigenvalue weighted by molar-refractivity contribution is 7.89. The predicted octanol–water partition coefficient (Wildman–Crippen LogP) is 2.53. The van der Waals surface area contributed by atoms with Crippen molar-refractivity contribution in [2.75, 3.05) is 0 Å². The summed E-state index contributed by atoms with van der Waals surface area (Å²) in [6.45, 7) is 4.22. The largest absolute Gasteiger partial charge is 0.296 e. The lowest BCUT2D eigenvalue weighted by atomic mass is 9.89. The van der Waals surface area contributed by atoms with Gasteiger partial charge in [0, 0.05) is 19.5 Å². The first kappa shape index (κ1) is 18.8. The Hall–Kier alpha value is -2.51. The molecule has 2 amide bonds. The average Bonchev–Trinajstić information content (AvgIpc) is 3.05. The Kier molecular flexibility index (Phi) is 4.59. The highest BCUT2D eigenvalue weighted by atomic mass is 32.2. The van der Waals surface area contributed by atoms with Gasteiger partial charge < -0.3 is 0 Å². The Balaban J connectivity index is 1.62. The maximum absolute atomic E-state index is 13.2. The van der Waals surface area contributed by atoms with Crippen LogP contribution in [0.3, 0.4) is 0 Å². The Morgan fingerprint density at radius 2 is 1.68 bits per heavy atom. The van der Waals surface area contributed by atoms with Crippen LogP contribution in [0.15, 0.2) is 41.3 Å². The molecule has 0 aromatic heterocycles. The van der Waals surface area contributed by atoms with E-state index in [0.717, 1.165) is 27.8 Å². The number of aryl methyl sites for hydroxylation is 2. The fourth-order valence-corrected chi connectivity index (χ4v) is 5.94. The molecule has 0 saturated carbocycles. The standard InChI is InChI=1S/C21H22N2O4S/c1-13-4-3-5-14(2)20(13)28(26,27)23-11-16-7-6-15(10-17(16)12-23)18-8-9-19(24)22-21(18)25/h3-7,10,18H,8-9,11-12H2,1-2H3,(H,22,24,25). The first-order chi connectivity index (χ1) is 13.3. The Morgan fingerprint density at radius 1 is 1.00 bits per heavy atom. The van der Waals surface area contributed by atoms with Gasteiger partial charge in [-0.3, -0.25) is 14.9 Å². The summed E-state index contributed by atoms with van der Waals surface area (Å²) in [4.78, 5) is 23.9. The molecule has 1 N–H and O–H groups in total. The maximum atomic E-state index is 13.2. The molecule has 2 aliphatic heterocycles. The number of piperidine rings is 1. The lowest BCUT2D eigenvalue weighted by Gasteiger charge is -2.21. The van der Waals surface area contributed by atoms with Crippen molar-refractivity contribution < 1.29 is 18.0 Å². The molecule has 2 aliphatic rings. The van der Waals surface area contributed by atoms with Crippen LogP contribution in [0.4, 0.5) is 0 Å². The van der Waals surface area contributed by atoms with Gasteiger partial charge in [-0.1, -0.05) is 36.4 Å². The number of hydrogen-bond donors (Lipinski definition) is 1. The zero-order valence-electron chi connectivity index (χ0n) is 15.9. The van der Waals surface area contributed by atoms with Crippen molar-refractivity contribution in [1.29, 1.82) is 0 Å².